The Balaban J connectivity index is 2.45. The van der Waals surface area contributed by atoms with E-state index in [-0.39, 0.29) is 6.04 Å². The Morgan fingerprint density at radius 3 is 2.37 bits per heavy atom. The summed E-state index contributed by atoms with van der Waals surface area (Å²) in [4.78, 5) is 0. The minimum atomic E-state index is 0.232. The van der Waals surface area contributed by atoms with Gasteiger partial charge in [-0.3, -0.25) is 0 Å². The highest BCUT2D eigenvalue weighted by molar-refractivity contribution is 9.10. The van der Waals surface area contributed by atoms with E-state index < -0.39 is 0 Å². The number of hydrogen-bond acceptors (Lipinski definition) is 1. The maximum atomic E-state index is 3.61. The highest BCUT2D eigenvalue weighted by Crippen LogP contribution is 2.29. The lowest BCUT2D eigenvalue weighted by atomic mass is 9.95. The molecule has 0 spiro atoms. The van der Waals surface area contributed by atoms with Gasteiger partial charge in [0.15, 0.2) is 0 Å². The van der Waals surface area contributed by atoms with Gasteiger partial charge in [0, 0.05) is 8.95 Å². The second-order valence-corrected chi connectivity index (χ2v) is 6.27. The number of hydrogen-bond donors (Lipinski definition) is 1. The summed E-state index contributed by atoms with van der Waals surface area (Å²) < 4.78 is 2.27. The van der Waals surface area contributed by atoms with Crippen LogP contribution in [0.3, 0.4) is 0 Å². The third kappa shape index (κ3) is 3.47. The molecule has 2 aromatic rings. The summed E-state index contributed by atoms with van der Waals surface area (Å²) in [6.45, 7) is 5.23. The molecule has 1 N–H and O–H groups in total. The van der Waals surface area contributed by atoms with E-state index in [1.807, 2.05) is 0 Å². The zero-order chi connectivity index (χ0) is 13.8. The zero-order valence-electron chi connectivity index (χ0n) is 11.1. The molecule has 100 valence electrons. The summed E-state index contributed by atoms with van der Waals surface area (Å²) in [6.07, 6.45) is 0. The molecule has 3 heteroatoms. The normalized spacial score (nSPS) is 12.4. The van der Waals surface area contributed by atoms with Crippen molar-refractivity contribution in [3.8, 4) is 0 Å². The Bertz CT molecular complexity index is 549. The predicted octanol–water partition coefficient (Wildman–Crippen LogP) is 5.22. The largest absolute Gasteiger partial charge is 0.307 e. The van der Waals surface area contributed by atoms with E-state index in [9.17, 15) is 0 Å². The molecule has 0 fully saturated rings. The molecule has 1 unspecified atom stereocenters. The van der Waals surface area contributed by atoms with Crippen molar-refractivity contribution in [3.05, 3.63) is 68.1 Å². The summed E-state index contributed by atoms with van der Waals surface area (Å²) in [5.41, 5.74) is 3.89. The lowest BCUT2D eigenvalue weighted by Crippen LogP contribution is -2.22. The Morgan fingerprint density at radius 2 is 1.74 bits per heavy atom. The van der Waals surface area contributed by atoms with Gasteiger partial charge in [0.2, 0.25) is 0 Å². The molecule has 0 saturated heterocycles. The maximum absolute atomic E-state index is 3.61. The van der Waals surface area contributed by atoms with Gasteiger partial charge in [-0.1, -0.05) is 63.0 Å². The van der Waals surface area contributed by atoms with Gasteiger partial charge in [0.1, 0.15) is 0 Å². The van der Waals surface area contributed by atoms with Crippen molar-refractivity contribution in [3.63, 3.8) is 0 Å². The van der Waals surface area contributed by atoms with Crippen LogP contribution in [0.5, 0.6) is 0 Å². The fourth-order valence-corrected chi connectivity index (χ4v) is 2.85. The number of benzene rings is 2. The minimum Gasteiger partial charge on any atom is -0.307 e. The van der Waals surface area contributed by atoms with E-state index in [0.29, 0.717) is 0 Å². The Labute approximate surface area is 131 Å². The van der Waals surface area contributed by atoms with E-state index in [1.165, 1.54) is 16.7 Å². The second-order valence-electron chi connectivity index (χ2n) is 4.50. The highest BCUT2D eigenvalue weighted by Gasteiger charge is 2.15. The Kier molecular flexibility index (Phi) is 5.20. The summed E-state index contributed by atoms with van der Waals surface area (Å²) in [7, 11) is 0. The molecule has 0 aliphatic heterocycles. The van der Waals surface area contributed by atoms with E-state index in [1.54, 1.807) is 0 Å². The van der Waals surface area contributed by atoms with E-state index in [4.69, 9.17) is 0 Å². The van der Waals surface area contributed by atoms with Crippen LogP contribution in [0.25, 0.3) is 0 Å². The Morgan fingerprint density at radius 1 is 1.05 bits per heavy atom. The van der Waals surface area contributed by atoms with Crippen LogP contribution in [0.4, 0.5) is 0 Å². The van der Waals surface area contributed by atoms with E-state index >= 15 is 0 Å². The van der Waals surface area contributed by atoms with Crippen LogP contribution in [0.15, 0.2) is 51.4 Å². The second kappa shape index (κ2) is 6.69. The molecule has 0 radical (unpaired) electrons. The van der Waals surface area contributed by atoms with Gasteiger partial charge >= 0.3 is 0 Å². The maximum Gasteiger partial charge on any atom is 0.0579 e. The molecule has 1 atom stereocenters. The lowest BCUT2D eigenvalue weighted by Gasteiger charge is -2.21. The zero-order valence-corrected chi connectivity index (χ0v) is 14.3. The molecule has 1 nitrogen and oxygen atoms in total. The quantitative estimate of drug-likeness (QED) is 0.764. The van der Waals surface area contributed by atoms with Crippen molar-refractivity contribution in [2.45, 2.75) is 19.9 Å². The average Bonchev–Trinajstić information content (AvgIpc) is 2.41. The van der Waals surface area contributed by atoms with Crippen LogP contribution >= 0.6 is 31.9 Å². The molecule has 0 heterocycles. The monoisotopic (exact) mass is 381 g/mol. The summed E-state index contributed by atoms with van der Waals surface area (Å²) >= 11 is 7.10. The van der Waals surface area contributed by atoms with Crippen LogP contribution in [-0.2, 0) is 0 Å². The SMILES string of the molecule is CCNC(c1ccc(Br)cc1)c1cccc(Br)c1C. The van der Waals surface area contributed by atoms with Crippen molar-refractivity contribution < 1.29 is 0 Å². The molecule has 0 aromatic heterocycles. The van der Waals surface area contributed by atoms with Crippen molar-refractivity contribution in [2.75, 3.05) is 6.54 Å². The number of halogens is 2. The van der Waals surface area contributed by atoms with Crippen molar-refractivity contribution in [1.82, 2.24) is 5.32 Å². The topological polar surface area (TPSA) is 12.0 Å². The first-order chi connectivity index (χ1) is 9.13. The van der Waals surface area contributed by atoms with Gasteiger partial charge in [-0.15, -0.1) is 0 Å². The van der Waals surface area contributed by atoms with Gasteiger partial charge in [0.25, 0.3) is 0 Å². The molecule has 0 saturated carbocycles. The van der Waals surface area contributed by atoms with E-state index in [0.717, 1.165) is 15.5 Å². The van der Waals surface area contributed by atoms with Crippen molar-refractivity contribution in [1.29, 1.82) is 0 Å². The van der Waals surface area contributed by atoms with Crippen LogP contribution in [0, 0.1) is 6.92 Å². The molecule has 2 aromatic carbocycles. The fraction of sp³-hybridized carbons (Fsp3) is 0.250. The first-order valence-corrected chi connectivity index (χ1v) is 7.96. The average molecular weight is 383 g/mol. The minimum absolute atomic E-state index is 0.232. The Hall–Kier alpha value is -0.640. The third-order valence-electron chi connectivity index (χ3n) is 3.23. The third-order valence-corrected chi connectivity index (χ3v) is 4.62. The molecular weight excluding hydrogens is 366 g/mol. The van der Waals surface area contributed by atoms with Crippen LogP contribution < -0.4 is 5.32 Å². The molecule has 0 amide bonds. The standard InChI is InChI=1S/C16H17Br2N/c1-3-19-16(12-7-9-13(17)10-8-12)14-5-4-6-15(18)11(14)2/h4-10,16,19H,3H2,1-2H3. The van der Waals surface area contributed by atoms with Gasteiger partial charge in [0.05, 0.1) is 6.04 Å². The highest BCUT2D eigenvalue weighted by atomic mass is 79.9. The van der Waals surface area contributed by atoms with Crippen molar-refractivity contribution in [2.24, 2.45) is 0 Å². The fourth-order valence-electron chi connectivity index (χ4n) is 2.20. The molecule has 2 rings (SSSR count). The van der Waals surface area contributed by atoms with Gasteiger partial charge in [-0.2, -0.15) is 0 Å². The summed E-state index contributed by atoms with van der Waals surface area (Å²) in [5, 5.41) is 3.57. The van der Waals surface area contributed by atoms with Crippen molar-refractivity contribution >= 4 is 31.9 Å². The smallest absolute Gasteiger partial charge is 0.0579 e. The van der Waals surface area contributed by atoms with Crippen LogP contribution in [0.2, 0.25) is 0 Å². The predicted molar refractivity (Wildman–Crippen MR) is 88.5 cm³/mol. The molecule has 19 heavy (non-hydrogen) atoms. The van der Waals surface area contributed by atoms with Gasteiger partial charge in [-0.25, -0.2) is 0 Å². The van der Waals surface area contributed by atoms with Gasteiger partial charge in [-0.05, 0) is 48.4 Å². The summed E-state index contributed by atoms with van der Waals surface area (Å²) in [5.74, 6) is 0. The number of nitrogens with one attached hydrogen (secondary N) is 1. The molecule has 0 aliphatic carbocycles. The van der Waals surface area contributed by atoms with Gasteiger partial charge < -0.3 is 5.32 Å². The van der Waals surface area contributed by atoms with Crippen LogP contribution in [-0.4, -0.2) is 6.54 Å². The molecule has 0 aliphatic rings. The molecular formula is C16H17Br2N. The summed E-state index contributed by atoms with van der Waals surface area (Å²) in [6, 6.07) is 15.1. The molecule has 0 bridgehead atoms. The van der Waals surface area contributed by atoms with Crippen LogP contribution in [0.1, 0.15) is 29.7 Å². The first kappa shape index (κ1) is 14.8. The first-order valence-electron chi connectivity index (χ1n) is 6.37. The lowest BCUT2D eigenvalue weighted by molar-refractivity contribution is 0.627. The number of rotatable bonds is 4. The van der Waals surface area contributed by atoms with E-state index in [2.05, 4.69) is 93.5 Å².